The number of hydrogen-bond acceptors (Lipinski definition) is 2. The third kappa shape index (κ3) is 4.90. The zero-order valence-electron chi connectivity index (χ0n) is 13.1. The lowest BCUT2D eigenvalue weighted by Crippen LogP contribution is -2.39. The van der Waals surface area contributed by atoms with Crippen LogP contribution in [0.1, 0.15) is 57.9 Å². The quantitative estimate of drug-likeness (QED) is 0.805. The summed E-state index contributed by atoms with van der Waals surface area (Å²) in [7, 11) is 0. The number of aryl methyl sites for hydroxylation is 1. The smallest absolute Gasteiger partial charge is 0.0270 e. The Morgan fingerprint density at radius 3 is 2.80 bits per heavy atom. The van der Waals surface area contributed by atoms with Crippen LogP contribution in [0.15, 0.2) is 24.5 Å². The van der Waals surface area contributed by atoms with Gasteiger partial charge in [-0.15, -0.1) is 0 Å². The van der Waals surface area contributed by atoms with Crippen LogP contribution in [0.2, 0.25) is 0 Å². The third-order valence-electron chi connectivity index (χ3n) is 4.70. The molecule has 2 nitrogen and oxygen atoms in total. The molecule has 1 aromatic heterocycles. The zero-order valence-corrected chi connectivity index (χ0v) is 13.1. The van der Waals surface area contributed by atoms with Crippen molar-refractivity contribution in [2.24, 2.45) is 11.8 Å². The van der Waals surface area contributed by atoms with Crippen LogP contribution in [-0.2, 0) is 6.42 Å². The molecule has 20 heavy (non-hydrogen) atoms. The molecule has 1 fully saturated rings. The maximum atomic E-state index is 4.11. The van der Waals surface area contributed by atoms with Gasteiger partial charge in [0.25, 0.3) is 0 Å². The Hall–Kier alpha value is -0.890. The van der Waals surface area contributed by atoms with Gasteiger partial charge in [-0.25, -0.2) is 0 Å². The topological polar surface area (TPSA) is 24.9 Å². The molecule has 3 atom stereocenters. The molecule has 1 aromatic rings. The summed E-state index contributed by atoms with van der Waals surface area (Å²) in [6.45, 7) is 5.84. The van der Waals surface area contributed by atoms with Gasteiger partial charge < -0.3 is 5.32 Å². The van der Waals surface area contributed by atoms with Crippen molar-refractivity contribution in [1.82, 2.24) is 10.3 Å². The maximum absolute atomic E-state index is 4.11. The molecule has 1 aliphatic carbocycles. The van der Waals surface area contributed by atoms with Crippen LogP contribution in [-0.4, -0.2) is 17.6 Å². The van der Waals surface area contributed by atoms with Crippen LogP contribution in [0.3, 0.4) is 0 Å². The van der Waals surface area contributed by atoms with Gasteiger partial charge in [0.1, 0.15) is 0 Å². The van der Waals surface area contributed by atoms with Crippen molar-refractivity contribution < 1.29 is 0 Å². The second kappa shape index (κ2) is 8.41. The first-order chi connectivity index (χ1) is 9.79. The fourth-order valence-electron chi connectivity index (χ4n) is 3.55. The highest BCUT2D eigenvalue weighted by Gasteiger charge is 2.25. The van der Waals surface area contributed by atoms with Gasteiger partial charge in [-0.2, -0.15) is 0 Å². The van der Waals surface area contributed by atoms with Crippen LogP contribution in [0.5, 0.6) is 0 Å². The minimum atomic E-state index is 0.700. The first-order valence-electron chi connectivity index (χ1n) is 8.42. The van der Waals surface area contributed by atoms with E-state index in [2.05, 4.69) is 36.3 Å². The van der Waals surface area contributed by atoms with E-state index < -0.39 is 0 Å². The lowest BCUT2D eigenvalue weighted by Gasteiger charge is -2.34. The summed E-state index contributed by atoms with van der Waals surface area (Å²) in [5.41, 5.74) is 1.42. The lowest BCUT2D eigenvalue weighted by molar-refractivity contribution is 0.215. The Morgan fingerprint density at radius 2 is 2.10 bits per heavy atom. The van der Waals surface area contributed by atoms with Crippen molar-refractivity contribution in [2.45, 2.75) is 64.8 Å². The molecule has 0 aromatic carbocycles. The van der Waals surface area contributed by atoms with Crippen LogP contribution in [0.25, 0.3) is 0 Å². The van der Waals surface area contributed by atoms with E-state index in [1.807, 2.05) is 12.4 Å². The van der Waals surface area contributed by atoms with Gasteiger partial charge in [-0.1, -0.05) is 26.7 Å². The Kier molecular flexibility index (Phi) is 6.52. The van der Waals surface area contributed by atoms with Gasteiger partial charge in [0, 0.05) is 18.4 Å². The molecule has 0 spiro atoms. The predicted molar refractivity (Wildman–Crippen MR) is 85.8 cm³/mol. The van der Waals surface area contributed by atoms with Gasteiger partial charge in [0.05, 0.1) is 0 Å². The normalized spacial score (nSPS) is 24.5. The average molecular weight is 274 g/mol. The number of nitrogens with one attached hydrogen (secondary N) is 1. The summed E-state index contributed by atoms with van der Waals surface area (Å²) >= 11 is 0. The van der Waals surface area contributed by atoms with Crippen molar-refractivity contribution in [3.63, 3.8) is 0 Å². The average Bonchev–Trinajstić information content (AvgIpc) is 2.48. The van der Waals surface area contributed by atoms with Crippen LogP contribution in [0, 0.1) is 11.8 Å². The minimum absolute atomic E-state index is 0.700. The molecule has 1 N–H and O–H groups in total. The highest BCUT2D eigenvalue weighted by molar-refractivity contribution is 5.10. The van der Waals surface area contributed by atoms with Crippen molar-refractivity contribution >= 4 is 0 Å². The fraction of sp³-hybridized carbons (Fsp3) is 0.722. The van der Waals surface area contributed by atoms with Crippen molar-refractivity contribution in [2.75, 3.05) is 6.54 Å². The molecule has 0 amide bonds. The Morgan fingerprint density at radius 1 is 1.30 bits per heavy atom. The van der Waals surface area contributed by atoms with Gasteiger partial charge in [0.15, 0.2) is 0 Å². The lowest BCUT2D eigenvalue weighted by atomic mass is 9.77. The number of hydrogen-bond donors (Lipinski definition) is 1. The second-order valence-corrected chi connectivity index (χ2v) is 6.49. The summed E-state index contributed by atoms with van der Waals surface area (Å²) in [6, 6.07) is 5.01. The number of nitrogens with zero attached hydrogens (tertiary/aromatic N) is 1. The number of pyridine rings is 1. The fourth-order valence-corrected chi connectivity index (χ4v) is 3.55. The molecule has 0 saturated heterocycles. The molecule has 1 saturated carbocycles. The molecule has 1 aliphatic rings. The molecule has 2 heteroatoms. The van der Waals surface area contributed by atoms with E-state index in [1.54, 1.807) is 0 Å². The first kappa shape index (κ1) is 15.5. The van der Waals surface area contributed by atoms with Gasteiger partial charge in [-0.05, 0) is 68.2 Å². The standard InChI is InChI=1S/C18H30N2/c1-3-11-20-18(17-6-4-5-15(2)14-17)8-7-16-9-12-19-13-10-16/h9-10,12-13,15,17-18,20H,3-8,11,14H2,1-2H3. The summed E-state index contributed by atoms with van der Waals surface area (Å²) in [4.78, 5) is 4.11. The van der Waals surface area contributed by atoms with Crippen molar-refractivity contribution in [1.29, 1.82) is 0 Å². The Bertz CT molecular complexity index is 363. The van der Waals surface area contributed by atoms with Gasteiger partial charge in [0.2, 0.25) is 0 Å². The molecule has 0 aliphatic heterocycles. The monoisotopic (exact) mass is 274 g/mol. The van der Waals surface area contributed by atoms with E-state index in [-0.39, 0.29) is 0 Å². The van der Waals surface area contributed by atoms with E-state index in [0.29, 0.717) is 6.04 Å². The second-order valence-electron chi connectivity index (χ2n) is 6.49. The largest absolute Gasteiger partial charge is 0.314 e. The molecule has 2 rings (SSSR count). The first-order valence-corrected chi connectivity index (χ1v) is 8.42. The van der Waals surface area contributed by atoms with Crippen LogP contribution in [0.4, 0.5) is 0 Å². The number of rotatable bonds is 7. The molecule has 1 heterocycles. The molecular weight excluding hydrogens is 244 g/mol. The summed E-state index contributed by atoms with van der Waals surface area (Å²) in [5.74, 6) is 1.80. The van der Waals surface area contributed by atoms with E-state index in [0.717, 1.165) is 18.4 Å². The molecule has 0 radical (unpaired) electrons. The summed E-state index contributed by atoms with van der Waals surface area (Å²) < 4.78 is 0. The molecule has 3 unspecified atom stereocenters. The Labute approximate surface area is 124 Å². The predicted octanol–water partition coefficient (Wildman–Crippen LogP) is 4.21. The van der Waals surface area contributed by atoms with Crippen molar-refractivity contribution in [3.05, 3.63) is 30.1 Å². The van der Waals surface area contributed by atoms with E-state index in [4.69, 9.17) is 0 Å². The molecule has 112 valence electrons. The minimum Gasteiger partial charge on any atom is -0.314 e. The van der Waals surface area contributed by atoms with Gasteiger partial charge in [-0.3, -0.25) is 4.98 Å². The van der Waals surface area contributed by atoms with Gasteiger partial charge >= 0.3 is 0 Å². The third-order valence-corrected chi connectivity index (χ3v) is 4.70. The number of aromatic nitrogens is 1. The zero-order chi connectivity index (χ0) is 14.2. The Balaban J connectivity index is 1.89. The van der Waals surface area contributed by atoms with E-state index >= 15 is 0 Å². The summed E-state index contributed by atoms with van der Waals surface area (Å²) in [6.07, 6.45) is 13.2. The van der Waals surface area contributed by atoms with Crippen LogP contribution >= 0.6 is 0 Å². The van der Waals surface area contributed by atoms with E-state index in [1.165, 1.54) is 50.5 Å². The molecular formula is C18H30N2. The highest BCUT2D eigenvalue weighted by Crippen LogP contribution is 2.32. The van der Waals surface area contributed by atoms with Crippen LogP contribution < -0.4 is 5.32 Å². The van der Waals surface area contributed by atoms with E-state index in [9.17, 15) is 0 Å². The van der Waals surface area contributed by atoms with Crippen molar-refractivity contribution in [3.8, 4) is 0 Å². The highest BCUT2D eigenvalue weighted by atomic mass is 14.9. The maximum Gasteiger partial charge on any atom is 0.0270 e. The SMILES string of the molecule is CCCNC(CCc1ccncc1)C1CCCC(C)C1. The summed E-state index contributed by atoms with van der Waals surface area (Å²) in [5, 5.41) is 3.81. The molecule has 0 bridgehead atoms.